The summed E-state index contributed by atoms with van der Waals surface area (Å²) in [4.78, 5) is 4.48. The SMILES string of the molecule is CCCNCc1nc(C)ccc1OCC(O)CC. The van der Waals surface area contributed by atoms with Gasteiger partial charge in [-0.25, -0.2) is 0 Å². The Morgan fingerprint density at radius 1 is 1.39 bits per heavy atom. The number of aliphatic hydroxyl groups excluding tert-OH is 1. The Morgan fingerprint density at radius 2 is 2.17 bits per heavy atom. The van der Waals surface area contributed by atoms with Crippen LogP contribution in [0.25, 0.3) is 0 Å². The largest absolute Gasteiger partial charge is 0.489 e. The summed E-state index contributed by atoms with van der Waals surface area (Å²) in [6.45, 7) is 8.02. The van der Waals surface area contributed by atoms with Crippen molar-refractivity contribution in [2.24, 2.45) is 0 Å². The first-order chi connectivity index (χ1) is 8.67. The smallest absolute Gasteiger partial charge is 0.142 e. The average molecular weight is 252 g/mol. The zero-order valence-corrected chi connectivity index (χ0v) is 11.6. The van der Waals surface area contributed by atoms with Crippen LogP contribution in [-0.2, 0) is 6.54 Å². The van der Waals surface area contributed by atoms with Crippen LogP contribution in [0.2, 0.25) is 0 Å². The topological polar surface area (TPSA) is 54.4 Å². The molecule has 0 fully saturated rings. The van der Waals surface area contributed by atoms with E-state index in [9.17, 15) is 5.11 Å². The van der Waals surface area contributed by atoms with E-state index < -0.39 is 6.10 Å². The van der Waals surface area contributed by atoms with Crippen molar-refractivity contribution in [2.75, 3.05) is 13.2 Å². The van der Waals surface area contributed by atoms with Crippen LogP contribution in [0.3, 0.4) is 0 Å². The predicted octanol–water partition coefficient (Wildman–Crippen LogP) is 2.04. The van der Waals surface area contributed by atoms with Gasteiger partial charge in [-0.15, -0.1) is 0 Å². The second-order valence-corrected chi connectivity index (χ2v) is 4.45. The molecule has 0 aliphatic rings. The van der Waals surface area contributed by atoms with Crippen LogP contribution in [0.15, 0.2) is 12.1 Å². The monoisotopic (exact) mass is 252 g/mol. The molecule has 102 valence electrons. The fourth-order valence-electron chi connectivity index (χ4n) is 1.54. The molecule has 0 aliphatic heterocycles. The second kappa shape index (κ2) is 8.06. The van der Waals surface area contributed by atoms with Crippen molar-refractivity contribution in [1.29, 1.82) is 0 Å². The molecular formula is C14H24N2O2. The van der Waals surface area contributed by atoms with Crippen LogP contribution >= 0.6 is 0 Å². The number of hydrogen-bond donors (Lipinski definition) is 2. The first-order valence-corrected chi connectivity index (χ1v) is 6.65. The number of pyridine rings is 1. The summed E-state index contributed by atoms with van der Waals surface area (Å²) in [6, 6.07) is 3.85. The maximum atomic E-state index is 9.52. The van der Waals surface area contributed by atoms with Crippen molar-refractivity contribution in [3.05, 3.63) is 23.5 Å². The number of aryl methyl sites for hydroxylation is 1. The summed E-state index contributed by atoms with van der Waals surface area (Å²) >= 11 is 0. The quantitative estimate of drug-likeness (QED) is 0.695. The maximum Gasteiger partial charge on any atom is 0.142 e. The third-order valence-electron chi connectivity index (χ3n) is 2.69. The van der Waals surface area contributed by atoms with Crippen molar-refractivity contribution in [2.45, 2.75) is 46.3 Å². The van der Waals surface area contributed by atoms with E-state index >= 15 is 0 Å². The number of nitrogens with zero attached hydrogens (tertiary/aromatic N) is 1. The Bertz CT molecular complexity index is 356. The number of ether oxygens (including phenoxy) is 1. The molecule has 0 spiro atoms. The highest BCUT2D eigenvalue weighted by molar-refractivity contribution is 5.29. The molecule has 18 heavy (non-hydrogen) atoms. The van der Waals surface area contributed by atoms with E-state index in [0.29, 0.717) is 19.6 Å². The fraction of sp³-hybridized carbons (Fsp3) is 0.643. The van der Waals surface area contributed by atoms with Crippen molar-refractivity contribution in [3.63, 3.8) is 0 Å². The highest BCUT2D eigenvalue weighted by atomic mass is 16.5. The Hall–Kier alpha value is -1.13. The summed E-state index contributed by atoms with van der Waals surface area (Å²) in [5.74, 6) is 0.761. The number of hydrogen-bond acceptors (Lipinski definition) is 4. The van der Waals surface area contributed by atoms with E-state index in [4.69, 9.17) is 4.74 Å². The second-order valence-electron chi connectivity index (χ2n) is 4.45. The molecule has 4 heteroatoms. The van der Waals surface area contributed by atoms with Gasteiger partial charge >= 0.3 is 0 Å². The van der Waals surface area contributed by atoms with Crippen molar-refractivity contribution in [1.82, 2.24) is 10.3 Å². The Morgan fingerprint density at radius 3 is 2.83 bits per heavy atom. The van der Waals surface area contributed by atoms with E-state index in [2.05, 4.69) is 17.2 Å². The van der Waals surface area contributed by atoms with Crippen LogP contribution < -0.4 is 10.1 Å². The molecule has 1 aromatic heterocycles. The molecule has 0 aliphatic carbocycles. The minimum Gasteiger partial charge on any atom is -0.489 e. The zero-order valence-electron chi connectivity index (χ0n) is 11.6. The van der Waals surface area contributed by atoms with E-state index in [1.807, 2.05) is 26.0 Å². The number of nitrogens with one attached hydrogen (secondary N) is 1. The lowest BCUT2D eigenvalue weighted by Gasteiger charge is -2.14. The third-order valence-corrected chi connectivity index (χ3v) is 2.69. The van der Waals surface area contributed by atoms with E-state index in [0.717, 1.165) is 30.1 Å². The lowest BCUT2D eigenvalue weighted by molar-refractivity contribution is 0.103. The molecular weight excluding hydrogens is 228 g/mol. The van der Waals surface area contributed by atoms with Gasteiger partial charge in [0.1, 0.15) is 12.4 Å². The molecule has 0 saturated carbocycles. The number of aliphatic hydroxyl groups is 1. The van der Waals surface area contributed by atoms with Crippen LogP contribution in [0.1, 0.15) is 38.1 Å². The van der Waals surface area contributed by atoms with Gasteiger partial charge in [-0.2, -0.15) is 0 Å². The molecule has 0 bridgehead atoms. The standard InChI is InChI=1S/C14H24N2O2/c1-4-8-15-9-13-14(7-6-11(3)16-13)18-10-12(17)5-2/h6-7,12,15,17H,4-5,8-10H2,1-3H3. The fourth-order valence-corrected chi connectivity index (χ4v) is 1.54. The highest BCUT2D eigenvalue weighted by Crippen LogP contribution is 2.17. The third kappa shape index (κ3) is 5.02. The summed E-state index contributed by atoms with van der Waals surface area (Å²) < 4.78 is 5.62. The van der Waals surface area contributed by atoms with Gasteiger partial charge in [-0.3, -0.25) is 4.98 Å². The minimum atomic E-state index is -0.414. The van der Waals surface area contributed by atoms with Gasteiger partial charge < -0.3 is 15.2 Å². The van der Waals surface area contributed by atoms with E-state index in [1.165, 1.54) is 0 Å². The van der Waals surface area contributed by atoms with Crippen LogP contribution in [0.4, 0.5) is 0 Å². The molecule has 0 saturated heterocycles. The Balaban J connectivity index is 2.63. The molecule has 2 N–H and O–H groups in total. The Labute approximate surface area is 109 Å². The van der Waals surface area contributed by atoms with Crippen LogP contribution in [0, 0.1) is 6.92 Å². The van der Waals surface area contributed by atoms with Crippen LogP contribution in [-0.4, -0.2) is 29.3 Å². The van der Waals surface area contributed by atoms with Gasteiger partial charge in [0, 0.05) is 12.2 Å². The number of rotatable bonds is 8. The summed E-state index contributed by atoms with van der Waals surface area (Å²) in [7, 11) is 0. The molecule has 0 amide bonds. The minimum absolute atomic E-state index is 0.321. The first-order valence-electron chi connectivity index (χ1n) is 6.65. The maximum absolute atomic E-state index is 9.52. The highest BCUT2D eigenvalue weighted by Gasteiger charge is 2.08. The molecule has 1 rings (SSSR count). The van der Waals surface area contributed by atoms with Crippen LogP contribution in [0.5, 0.6) is 5.75 Å². The predicted molar refractivity (Wildman–Crippen MR) is 72.8 cm³/mol. The molecule has 1 heterocycles. The van der Waals surface area contributed by atoms with Gasteiger partial charge in [0.15, 0.2) is 0 Å². The summed E-state index contributed by atoms with van der Waals surface area (Å²) in [6.07, 6.45) is 1.38. The van der Waals surface area contributed by atoms with Gasteiger partial charge in [0.2, 0.25) is 0 Å². The summed E-state index contributed by atoms with van der Waals surface area (Å²) in [5.41, 5.74) is 1.89. The van der Waals surface area contributed by atoms with Gasteiger partial charge in [0.05, 0.1) is 11.8 Å². The molecule has 0 aromatic carbocycles. The van der Waals surface area contributed by atoms with Gasteiger partial charge in [-0.05, 0) is 38.4 Å². The average Bonchev–Trinajstić information content (AvgIpc) is 2.37. The molecule has 1 aromatic rings. The molecule has 1 atom stereocenters. The lowest BCUT2D eigenvalue weighted by atomic mass is 10.2. The van der Waals surface area contributed by atoms with Crippen molar-refractivity contribution < 1.29 is 9.84 Å². The first kappa shape index (κ1) is 14.9. The molecule has 0 radical (unpaired) electrons. The number of aromatic nitrogens is 1. The zero-order chi connectivity index (χ0) is 13.4. The van der Waals surface area contributed by atoms with E-state index in [-0.39, 0.29) is 0 Å². The van der Waals surface area contributed by atoms with Crippen molar-refractivity contribution >= 4 is 0 Å². The Kier molecular flexibility index (Phi) is 6.68. The van der Waals surface area contributed by atoms with Crippen molar-refractivity contribution in [3.8, 4) is 5.75 Å². The van der Waals surface area contributed by atoms with E-state index in [1.54, 1.807) is 0 Å². The normalized spacial score (nSPS) is 12.4. The van der Waals surface area contributed by atoms with Gasteiger partial charge in [-0.1, -0.05) is 13.8 Å². The lowest BCUT2D eigenvalue weighted by Crippen LogP contribution is -2.19. The summed E-state index contributed by atoms with van der Waals surface area (Å²) in [5, 5.41) is 12.8. The van der Waals surface area contributed by atoms with Gasteiger partial charge in [0.25, 0.3) is 0 Å². The molecule has 1 unspecified atom stereocenters. The molecule has 4 nitrogen and oxygen atoms in total.